The number of aliphatic hydroxyl groups excluding tert-OH is 6. The molecule has 0 bridgehead atoms. The van der Waals surface area contributed by atoms with E-state index < -0.39 is 30.0 Å². The van der Waals surface area contributed by atoms with Gasteiger partial charge >= 0.3 is 5.97 Å². The molecule has 8 atom stereocenters. The largest absolute Gasteiger partial charge is 0.505 e. The molecule has 2 heterocycles. The second-order valence-electron chi connectivity index (χ2n) is 18.1. The number of aliphatic hydroxyl groups is 6. The summed E-state index contributed by atoms with van der Waals surface area (Å²) in [5.41, 5.74) is 3.27. The van der Waals surface area contributed by atoms with E-state index in [-0.39, 0.29) is 70.0 Å². The van der Waals surface area contributed by atoms with Crippen LogP contribution in [0.1, 0.15) is 143 Å². The molecule has 2 aliphatic heterocycles. The molecule has 422 valence electrons. The maximum Gasteiger partial charge on any atom is 0.308 e. The van der Waals surface area contributed by atoms with Crippen LogP contribution in [0.15, 0.2) is 58.7 Å². The predicted octanol–water partition coefficient (Wildman–Crippen LogP) is 9.11. The summed E-state index contributed by atoms with van der Waals surface area (Å²) in [6.07, 6.45) is 16.8. The van der Waals surface area contributed by atoms with Crippen LogP contribution in [-0.4, -0.2) is 150 Å². The molecule has 18 heteroatoms. The van der Waals surface area contributed by atoms with Crippen LogP contribution in [0.4, 0.5) is 0 Å². The number of benzene rings is 1. The zero-order valence-corrected chi connectivity index (χ0v) is 47.7. The van der Waals surface area contributed by atoms with E-state index in [0.29, 0.717) is 36.7 Å². The van der Waals surface area contributed by atoms with Crippen molar-refractivity contribution in [2.24, 2.45) is 11.8 Å². The van der Waals surface area contributed by atoms with E-state index in [0.717, 1.165) is 89.5 Å². The van der Waals surface area contributed by atoms with Gasteiger partial charge in [-0.1, -0.05) is 92.9 Å². The fourth-order valence-corrected chi connectivity index (χ4v) is 7.75. The molecule has 8 N–H and O–H groups in total. The van der Waals surface area contributed by atoms with Crippen molar-refractivity contribution in [1.29, 1.82) is 0 Å². The molecule has 0 aromatic heterocycles. The first-order valence-corrected chi connectivity index (χ1v) is 25.5. The van der Waals surface area contributed by atoms with Crippen molar-refractivity contribution in [3.05, 3.63) is 79.9 Å². The number of rotatable bonds is 21. The maximum atomic E-state index is 11.5. The number of hydrogen-bond acceptors (Lipinski definition) is 16. The van der Waals surface area contributed by atoms with Crippen LogP contribution in [-0.2, 0) is 39.7 Å². The first kappa shape index (κ1) is 73.8. The summed E-state index contributed by atoms with van der Waals surface area (Å²) < 4.78 is 28.0. The highest BCUT2D eigenvalue weighted by Gasteiger charge is 2.37. The summed E-state index contributed by atoms with van der Waals surface area (Å²) in [6, 6.07) is 0. The molecule has 3 rings (SSSR count). The van der Waals surface area contributed by atoms with Crippen LogP contribution in [0.25, 0.3) is 0 Å². The maximum absolute atomic E-state index is 11.5. The highest BCUT2D eigenvalue weighted by molar-refractivity contribution is 6.39. The van der Waals surface area contributed by atoms with Crippen LogP contribution < -0.4 is 0 Å². The van der Waals surface area contributed by atoms with E-state index in [4.69, 9.17) is 62.2 Å². The van der Waals surface area contributed by atoms with Gasteiger partial charge in [-0.3, -0.25) is 14.4 Å². The van der Waals surface area contributed by atoms with Crippen LogP contribution in [0.3, 0.4) is 0 Å². The Morgan fingerprint density at radius 2 is 1.52 bits per heavy atom. The second kappa shape index (κ2) is 41.7. The fraction of sp³-hybridized carbons (Fsp3) is 0.655. The second-order valence-corrected chi connectivity index (χ2v) is 18.8. The number of carbonyl (C=O) groups is 3. The SMILES string of the molecule is CC(C)C(=O)OC1CCCOC1(C)C.CCC(/C=C(\C)C(O)C/C=C/C=C(/C=O)COC1OC(C)CCC1OC)[C@@H](O)/C(C)=C/C(C)=C/CCC(C)O.CCc1c(Cl)c(O)c(Cl)c(O)c1C=O.CO.CO.CO. The van der Waals surface area contributed by atoms with Gasteiger partial charge in [-0.05, 0) is 123 Å². The Morgan fingerprint density at radius 3 is 2.03 bits per heavy atom. The summed E-state index contributed by atoms with van der Waals surface area (Å²) in [5, 5.41) is 70.5. The minimum atomic E-state index is -0.696. The first-order chi connectivity index (χ1) is 34.5. The first-order valence-electron chi connectivity index (χ1n) is 24.7. The quantitative estimate of drug-likeness (QED) is 0.0188. The lowest BCUT2D eigenvalue weighted by molar-refractivity contribution is -0.238. The van der Waals surface area contributed by atoms with Crippen molar-refractivity contribution in [2.75, 3.05) is 41.7 Å². The highest BCUT2D eigenvalue weighted by atomic mass is 35.5. The minimum absolute atomic E-state index is 0.0115. The van der Waals surface area contributed by atoms with E-state index in [1.807, 2.05) is 80.5 Å². The Morgan fingerprint density at radius 1 is 0.904 bits per heavy atom. The van der Waals surface area contributed by atoms with Gasteiger partial charge in [0.15, 0.2) is 18.3 Å². The number of aldehydes is 2. The predicted molar refractivity (Wildman–Crippen MR) is 289 cm³/mol. The van der Waals surface area contributed by atoms with Gasteiger partial charge in [0.25, 0.3) is 0 Å². The van der Waals surface area contributed by atoms with Crippen LogP contribution in [0, 0.1) is 11.8 Å². The molecule has 2 fully saturated rings. The van der Waals surface area contributed by atoms with E-state index >= 15 is 0 Å². The molecule has 0 spiro atoms. The Bertz CT molecular complexity index is 1860. The van der Waals surface area contributed by atoms with Crippen molar-refractivity contribution < 1.29 is 78.9 Å². The molecule has 1 aromatic rings. The average molecular weight is 1080 g/mol. The molecular weight excluding hydrogens is 987 g/mol. The summed E-state index contributed by atoms with van der Waals surface area (Å²) in [4.78, 5) is 33.6. The zero-order chi connectivity index (χ0) is 57.0. The molecule has 2 saturated heterocycles. The molecule has 73 heavy (non-hydrogen) atoms. The molecule has 0 saturated carbocycles. The minimum Gasteiger partial charge on any atom is -0.505 e. The number of halogens is 2. The normalized spacial score (nSPS) is 20.6. The van der Waals surface area contributed by atoms with Crippen molar-refractivity contribution in [3.63, 3.8) is 0 Å². The Kier molecular flexibility index (Phi) is 42.2. The molecule has 1 aromatic carbocycles. The van der Waals surface area contributed by atoms with Crippen LogP contribution in [0.2, 0.25) is 10.0 Å². The standard InChI is InChI=1S/C32H52O7.C11H20O3.C9H8Cl2O3.3CH4O/c1-8-28(31(36)24(4)18-22(2)12-11-13-25(5)34)19-23(3)29(35)15-10-9-14-27(20-33)21-38-32-30(37-7)17-16-26(6)39-32;1-8(2)10(12)14-9-6-5-7-13-11(9,3)4;1-2-4-5(3-12)8(13)7(11)9(14)6(4)10;3*1-2/h9-10,12,14,18-20,25-26,28-32,34-36H,8,11,13,15-17,21H2,1-7H3;8-9H,5-7H2,1-4H3;3,13-14H,2H2,1H3;3*2H,1H3/b10-9+,22-12+,23-19+,24-18+,27-14-;;;;;/t25?,26?,28?,29?,30?,31-,32?;;;;;/m0...../s1. The lowest BCUT2D eigenvalue weighted by Crippen LogP contribution is -2.46. The van der Waals surface area contributed by atoms with Gasteiger partial charge in [0.2, 0.25) is 0 Å². The van der Waals surface area contributed by atoms with Gasteiger partial charge in [0.05, 0.1) is 53.1 Å². The lowest BCUT2D eigenvalue weighted by Gasteiger charge is -2.38. The van der Waals surface area contributed by atoms with Gasteiger partial charge in [-0.15, -0.1) is 0 Å². The van der Waals surface area contributed by atoms with Gasteiger partial charge < -0.3 is 64.5 Å². The van der Waals surface area contributed by atoms with Gasteiger partial charge in [0, 0.05) is 46.5 Å². The van der Waals surface area contributed by atoms with Crippen LogP contribution in [0.5, 0.6) is 11.5 Å². The Labute approximate surface area is 446 Å². The number of allylic oxidation sites excluding steroid dienone is 5. The molecule has 0 radical (unpaired) electrons. The van der Waals surface area contributed by atoms with E-state index in [2.05, 4.69) is 6.08 Å². The third-order valence-electron chi connectivity index (χ3n) is 11.6. The molecule has 0 aliphatic carbocycles. The third kappa shape index (κ3) is 28.3. The monoisotopic (exact) mass is 1080 g/mol. The number of esters is 1. The van der Waals surface area contributed by atoms with E-state index in [1.54, 1.807) is 33.1 Å². The molecule has 16 nitrogen and oxygen atoms in total. The molecule has 7 unspecified atom stereocenters. The number of methoxy groups -OCH3 is 1. The molecule has 2 aliphatic rings. The summed E-state index contributed by atoms with van der Waals surface area (Å²) in [7, 11) is 4.63. The highest BCUT2D eigenvalue weighted by Crippen LogP contribution is 2.43. The summed E-state index contributed by atoms with van der Waals surface area (Å²) in [6.45, 7) is 21.8. The van der Waals surface area contributed by atoms with Gasteiger partial charge in [0.1, 0.15) is 29.3 Å². The Hall–Kier alpha value is -3.49. The average Bonchev–Trinajstić information content (AvgIpc) is 3.37. The van der Waals surface area contributed by atoms with Crippen LogP contribution >= 0.6 is 23.2 Å². The summed E-state index contributed by atoms with van der Waals surface area (Å²) in [5.74, 6) is -1.14. The van der Waals surface area contributed by atoms with E-state index in [9.17, 15) is 39.9 Å². The number of phenolic OH excluding ortho intramolecular Hbond substituents is 2. The van der Waals surface area contributed by atoms with Gasteiger partial charge in [-0.25, -0.2) is 0 Å². The number of aromatic hydroxyl groups is 2. The van der Waals surface area contributed by atoms with Crippen molar-refractivity contribution in [3.8, 4) is 11.5 Å². The fourth-order valence-electron chi connectivity index (χ4n) is 7.18. The van der Waals surface area contributed by atoms with E-state index in [1.165, 1.54) is 0 Å². The third-order valence-corrected chi connectivity index (χ3v) is 12.3. The van der Waals surface area contributed by atoms with Crippen molar-refractivity contribution in [2.45, 2.75) is 182 Å². The number of hydrogen-bond donors (Lipinski definition) is 8. The van der Waals surface area contributed by atoms with Crippen molar-refractivity contribution >= 4 is 41.7 Å². The lowest BCUT2D eigenvalue weighted by atomic mass is 9.90. The molecule has 0 amide bonds. The smallest absolute Gasteiger partial charge is 0.308 e. The topological polar surface area (TPSA) is 259 Å². The zero-order valence-electron chi connectivity index (χ0n) is 46.2. The number of phenols is 2. The van der Waals surface area contributed by atoms with Gasteiger partial charge in [-0.2, -0.15) is 0 Å². The number of ether oxygens (including phenoxy) is 5. The molecular formula is C55H92Cl2O16. The Balaban J connectivity index is -0.00000116. The number of carbonyl (C=O) groups excluding carboxylic acids is 3. The summed E-state index contributed by atoms with van der Waals surface area (Å²) >= 11 is 11.3. The van der Waals surface area contributed by atoms with Crippen molar-refractivity contribution in [1.82, 2.24) is 0 Å².